The number of hydrogen-bond donors (Lipinski definition) is 3. The molecule has 0 aromatic heterocycles. The van der Waals surface area contributed by atoms with Crippen LogP contribution in [-0.2, 0) is 10.0 Å². The van der Waals surface area contributed by atoms with Crippen molar-refractivity contribution in [1.29, 1.82) is 0 Å². The molecule has 0 aliphatic rings. The molecule has 0 saturated carbocycles. The number of nitrogens with two attached hydrogens (primary N) is 1. The number of unbranched alkanes of at least 4 members (excludes halogenated alkanes) is 2. The molecule has 0 heterocycles. The van der Waals surface area contributed by atoms with Gasteiger partial charge in [0.2, 0.25) is 10.0 Å². The molecule has 1 aromatic carbocycles. The average Bonchev–Trinajstić information content (AvgIpc) is 2.43. The van der Waals surface area contributed by atoms with Crippen LogP contribution in [0.25, 0.3) is 0 Å². The van der Waals surface area contributed by atoms with E-state index in [1.54, 1.807) is 19.1 Å². The zero-order chi connectivity index (χ0) is 15.9. The molecule has 0 bridgehead atoms. The highest BCUT2D eigenvalue weighted by molar-refractivity contribution is 7.89. The second-order valence-corrected chi connectivity index (χ2v) is 6.69. The molecule has 0 unspecified atom stereocenters. The monoisotopic (exact) mass is 315 g/mol. The Labute approximate surface area is 127 Å². The minimum absolute atomic E-state index is 0.197. The Morgan fingerprint density at radius 1 is 1.29 bits per heavy atom. The van der Waals surface area contributed by atoms with Gasteiger partial charge in [-0.2, -0.15) is 0 Å². The van der Waals surface area contributed by atoms with Crippen LogP contribution < -0.4 is 15.4 Å². The largest absolute Gasteiger partial charge is 0.397 e. The zero-order valence-electron chi connectivity index (χ0n) is 12.7. The van der Waals surface area contributed by atoms with Gasteiger partial charge in [0.1, 0.15) is 0 Å². The first-order chi connectivity index (χ1) is 9.92. The van der Waals surface area contributed by atoms with Crippen LogP contribution >= 0.6 is 0 Å². The van der Waals surface area contributed by atoms with E-state index in [1.165, 1.54) is 6.07 Å². The summed E-state index contributed by atoms with van der Waals surface area (Å²) < 4.78 is 26.5. The first-order valence-electron chi connectivity index (χ1n) is 7.13. The van der Waals surface area contributed by atoms with Crippen molar-refractivity contribution in [2.75, 3.05) is 37.4 Å². The van der Waals surface area contributed by atoms with Crippen LogP contribution in [0.5, 0.6) is 0 Å². The Morgan fingerprint density at radius 2 is 2.00 bits per heavy atom. The van der Waals surface area contributed by atoms with Crippen LogP contribution in [0, 0.1) is 0 Å². The lowest BCUT2D eigenvalue weighted by atomic mass is 10.2. The summed E-state index contributed by atoms with van der Waals surface area (Å²) in [7, 11) is -1.59. The van der Waals surface area contributed by atoms with Gasteiger partial charge in [-0.15, -0.1) is 0 Å². The molecule has 120 valence electrons. The lowest BCUT2D eigenvalue weighted by Gasteiger charge is -2.22. The minimum atomic E-state index is -3.48. The molecule has 6 nitrogen and oxygen atoms in total. The molecule has 0 saturated heterocycles. The number of sulfonamides is 1. The Hall–Kier alpha value is -1.31. The van der Waals surface area contributed by atoms with Crippen LogP contribution in [0.2, 0.25) is 0 Å². The standard InChI is InChI=1S/C14H25N3O3S/c1-3-16-21(19,20)12-7-8-13(15)14(11-12)17(2)9-5-4-6-10-18/h7-8,11,16,18H,3-6,9-10,15H2,1-2H3. The SMILES string of the molecule is CCNS(=O)(=O)c1ccc(N)c(N(C)CCCCCO)c1. The van der Waals surface area contributed by atoms with E-state index in [2.05, 4.69) is 4.72 Å². The van der Waals surface area contributed by atoms with E-state index in [0.29, 0.717) is 17.9 Å². The van der Waals surface area contributed by atoms with Gasteiger partial charge in [-0.1, -0.05) is 6.92 Å². The molecule has 4 N–H and O–H groups in total. The van der Waals surface area contributed by atoms with Crippen LogP contribution in [0.3, 0.4) is 0 Å². The number of nitrogens with zero attached hydrogens (tertiary/aromatic N) is 1. The molecular weight excluding hydrogens is 290 g/mol. The van der Waals surface area contributed by atoms with Crippen molar-refractivity contribution in [2.24, 2.45) is 0 Å². The maximum absolute atomic E-state index is 12.0. The molecule has 0 aliphatic heterocycles. The number of rotatable bonds is 9. The van der Waals surface area contributed by atoms with Crippen LogP contribution in [-0.4, -0.2) is 40.3 Å². The molecule has 21 heavy (non-hydrogen) atoms. The van der Waals surface area contributed by atoms with Gasteiger partial charge in [-0.05, 0) is 37.5 Å². The summed E-state index contributed by atoms with van der Waals surface area (Å²) in [4.78, 5) is 2.16. The maximum Gasteiger partial charge on any atom is 0.240 e. The molecule has 0 fully saturated rings. The van der Waals surface area contributed by atoms with E-state index in [9.17, 15) is 8.42 Å². The van der Waals surface area contributed by atoms with Gasteiger partial charge in [0, 0.05) is 26.7 Å². The Balaban J connectivity index is 2.87. The smallest absolute Gasteiger partial charge is 0.240 e. The predicted molar refractivity (Wildman–Crippen MR) is 85.9 cm³/mol. The molecule has 0 atom stereocenters. The number of aliphatic hydroxyl groups is 1. The summed E-state index contributed by atoms with van der Waals surface area (Å²) in [6.45, 7) is 3.04. The van der Waals surface area contributed by atoms with Crippen LogP contribution in [0.1, 0.15) is 26.2 Å². The van der Waals surface area contributed by atoms with Crippen molar-refractivity contribution in [2.45, 2.75) is 31.1 Å². The number of nitrogen functional groups attached to an aromatic ring is 1. The summed E-state index contributed by atoms with van der Waals surface area (Å²) in [6.07, 6.45) is 2.62. The highest BCUT2D eigenvalue weighted by Crippen LogP contribution is 2.26. The number of hydrogen-bond acceptors (Lipinski definition) is 5. The molecule has 0 radical (unpaired) electrons. The third kappa shape index (κ3) is 5.18. The Kier molecular flexibility index (Phi) is 6.94. The molecule has 0 spiro atoms. The summed E-state index contributed by atoms with van der Waals surface area (Å²) in [6, 6.07) is 4.72. The van der Waals surface area contributed by atoms with Crippen LogP contribution in [0.15, 0.2) is 23.1 Å². The van der Waals surface area contributed by atoms with Crippen molar-refractivity contribution in [3.8, 4) is 0 Å². The van der Waals surface area contributed by atoms with Gasteiger partial charge in [0.15, 0.2) is 0 Å². The maximum atomic E-state index is 12.0. The summed E-state index contributed by atoms with van der Waals surface area (Å²) in [5, 5.41) is 8.76. The fourth-order valence-electron chi connectivity index (χ4n) is 2.05. The van der Waals surface area contributed by atoms with Crippen molar-refractivity contribution in [3.63, 3.8) is 0 Å². The Bertz CT molecular complexity index is 546. The molecule has 0 amide bonds. The molecular formula is C14H25N3O3S. The van der Waals surface area contributed by atoms with Crippen molar-refractivity contribution >= 4 is 21.4 Å². The lowest BCUT2D eigenvalue weighted by Crippen LogP contribution is -2.24. The van der Waals surface area contributed by atoms with Crippen LogP contribution in [0.4, 0.5) is 11.4 Å². The van der Waals surface area contributed by atoms with Gasteiger partial charge >= 0.3 is 0 Å². The number of nitrogens with one attached hydrogen (secondary N) is 1. The van der Waals surface area contributed by atoms with Crippen molar-refractivity contribution in [3.05, 3.63) is 18.2 Å². The minimum Gasteiger partial charge on any atom is -0.397 e. The van der Waals surface area contributed by atoms with Gasteiger partial charge < -0.3 is 15.7 Å². The van der Waals surface area contributed by atoms with E-state index in [4.69, 9.17) is 10.8 Å². The first kappa shape index (κ1) is 17.7. The second-order valence-electron chi connectivity index (χ2n) is 4.93. The number of anilines is 2. The second kappa shape index (κ2) is 8.21. The third-order valence-electron chi connectivity index (χ3n) is 3.21. The van der Waals surface area contributed by atoms with Gasteiger partial charge in [-0.3, -0.25) is 0 Å². The number of benzene rings is 1. The van der Waals surface area contributed by atoms with E-state index >= 15 is 0 Å². The molecule has 1 rings (SSSR count). The van der Waals surface area contributed by atoms with E-state index in [-0.39, 0.29) is 11.5 Å². The first-order valence-corrected chi connectivity index (χ1v) is 8.62. The molecule has 1 aromatic rings. The Morgan fingerprint density at radius 3 is 2.62 bits per heavy atom. The van der Waals surface area contributed by atoms with Crippen molar-refractivity contribution in [1.82, 2.24) is 4.72 Å². The zero-order valence-corrected chi connectivity index (χ0v) is 13.5. The average molecular weight is 315 g/mol. The third-order valence-corrected chi connectivity index (χ3v) is 4.75. The van der Waals surface area contributed by atoms with E-state index in [1.807, 2.05) is 11.9 Å². The number of aliphatic hydroxyl groups excluding tert-OH is 1. The van der Waals surface area contributed by atoms with Gasteiger partial charge in [-0.25, -0.2) is 13.1 Å². The van der Waals surface area contributed by atoms with Gasteiger partial charge in [0.05, 0.1) is 16.3 Å². The normalized spacial score (nSPS) is 11.6. The lowest BCUT2D eigenvalue weighted by molar-refractivity contribution is 0.283. The predicted octanol–water partition coefficient (Wildman–Crippen LogP) is 1.17. The van der Waals surface area contributed by atoms with E-state index < -0.39 is 10.0 Å². The highest BCUT2D eigenvalue weighted by Gasteiger charge is 2.15. The summed E-state index contributed by atoms with van der Waals surface area (Å²) in [5.74, 6) is 0. The van der Waals surface area contributed by atoms with E-state index in [0.717, 1.165) is 25.8 Å². The molecule has 7 heteroatoms. The van der Waals surface area contributed by atoms with Gasteiger partial charge in [0.25, 0.3) is 0 Å². The summed E-state index contributed by atoms with van der Waals surface area (Å²) >= 11 is 0. The fraction of sp³-hybridized carbons (Fsp3) is 0.571. The quantitative estimate of drug-likeness (QED) is 0.469. The molecule has 0 aliphatic carbocycles. The summed E-state index contributed by atoms with van der Waals surface area (Å²) in [5.41, 5.74) is 7.20. The highest BCUT2D eigenvalue weighted by atomic mass is 32.2. The fourth-order valence-corrected chi connectivity index (χ4v) is 3.11. The topological polar surface area (TPSA) is 95.7 Å². The van der Waals surface area contributed by atoms with Crippen molar-refractivity contribution < 1.29 is 13.5 Å².